The molecule has 1 spiro atoms. The fourth-order valence-electron chi connectivity index (χ4n) is 11.3. The van der Waals surface area contributed by atoms with Crippen LogP contribution < -0.4 is 4.90 Å². The van der Waals surface area contributed by atoms with Crippen LogP contribution in [0.25, 0.3) is 88.4 Å². The molecule has 0 N–H and O–H groups in total. The second-order valence-electron chi connectivity index (χ2n) is 17.1. The molecule has 0 bridgehead atoms. The molecule has 0 aliphatic heterocycles. The highest BCUT2D eigenvalue weighted by atomic mass is 16.3. The minimum atomic E-state index is -0.715. The zero-order valence-electron chi connectivity index (χ0n) is 34.6. The molecule has 0 amide bonds. The zero-order chi connectivity index (χ0) is 41.9. The lowest BCUT2D eigenvalue weighted by Crippen LogP contribution is -2.29. The smallest absolute Gasteiger partial charge is 0.143 e. The number of hydrogen-bond acceptors (Lipinski definition) is 3. The van der Waals surface area contributed by atoms with Gasteiger partial charge in [0, 0.05) is 50.1 Å². The lowest BCUT2D eigenvalue weighted by molar-refractivity contribution is 0.668. The van der Waals surface area contributed by atoms with Crippen molar-refractivity contribution in [1.29, 1.82) is 0 Å². The number of nitrogens with zero attached hydrogens (tertiary/aromatic N) is 1. The number of fused-ring (bicyclic) bond motifs is 19. The Kier molecular flexibility index (Phi) is 7.32. The molecule has 12 aromatic rings. The van der Waals surface area contributed by atoms with E-state index in [2.05, 4.69) is 223 Å². The summed E-state index contributed by atoms with van der Waals surface area (Å²) in [6.07, 6.45) is 0. The van der Waals surface area contributed by atoms with E-state index in [9.17, 15) is 0 Å². The number of hydrogen-bond donors (Lipinski definition) is 0. The molecule has 3 nitrogen and oxygen atoms in total. The van der Waals surface area contributed by atoms with Crippen LogP contribution >= 0.6 is 0 Å². The number of benzene rings is 10. The second kappa shape index (κ2) is 13.3. The van der Waals surface area contributed by atoms with Crippen LogP contribution in [0.15, 0.2) is 233 Å². The van der Waals surface area contributed by atoms with Gasteiger partial charge in [-0.25, -0.2) is 0 Å². The van der Waals surface area contributed by atoms with Gasteiger partial charge in [-0.2, -0.15) is 0 Å². The SMILES string of the molecule is c1ccc(-c2ccccc2N(c2ccc3c(c2)C2(c4ccccc4-c4ccccc4-3)c3ccccc3-c3c2ccc2c3oc3ccccc32)c2ccc3c(c2)oc2ccccc23)cc1. The maximum absolute atomic E-state index is 6.93. The zero-order valence-corrected chi connectivity index (χ0v) is 34.6. The fourth-order valence-corrected chi connectivity index (χ4v) is 11.3. The Bertz CT molecular complexity index is 3870. The molecule has 2 aliphatic rings. The van der Waals surface area contributed by atoms with Crippen molar-refractivity contribution in [1.82, 2.24) is 0 Å². The Morgan fingerprint density at radius 1 is 0.312 bits per heavy atom. The summed E-state index contributed by atoms with van der Waals surface area (Å²) in [6, 6.07) is 81.8. The average molecular weight is 816 g/mol. The van der Waals surface area contributed by atoms with E-state index < -0.39 is 5.41 Å². The third-order valence-corrected chi connectivity index (χ3v) is 13.9. The Morgan fingerprint density at radius 2 is 0.844 bits per heavy atom. The van der Waals surface area contributed by atoms with Gasteiger partial charge in [0.1, 0.15) is 22.3 Å². The summed E-state index contributed by atoms with van der Waals surface area (Å²) in [5.41, 5.74) is 20.4. The molecular formula is C61H37NO2. The summed E-state index contributed by atoms with van der Waals surface area (Å²) in [6.45, 7) is 0. The quantitative estimate of drug-likeness (QED) is 0.177. The maximum Gasteiger partial charge on any atom is 0.143 e. The van der Waals surface area contributed by atoms with Gasteiger partial charge in [-0.05, 0) is 98.1 Å². The first-order valence-corrected chi connectivity index (χ1v) is 22.0. The van der Waals surface area contributed by atoms with Crippen molar-refractivity contribution in [3.05, 3.63) is 247 Å². The van der Waals surface area contributed by atoms with E-state index in [1.165, 1.54) is 50.1 Å². The largest absolute Gasteiger partial charge is 0.456 e. The second-order valence-corrected chi connectivity index (χ2v) is 17.1. The molecule has 14 rings (SSSR count). The van der Waals surface area contributed by atoms with Gasteiger partial charge in [0.05, 0.1) is 11.1 Å². The van der Waals surface area contributed by atoms with Crippen LogP contribution in [0.3, 0.4) is 0 Å². The van der Waals surface area contributed by atoms with E-state index in [0.29, 0.717) is 0 Å². The van der Waals surface area contributed by atoms with Crippen molar-refractivity contribution < 1.29 is 8.83 Å². The molecule has 3 heteroatoms. The van der Waals surface area contributed by atoms with Crippen molar-refractivity contribution in [3.63, 3.8) is 0 Å². The van der Waals surface area contributed by atoms with Crippen molar-refractivity contribution in [2.75, 3.05) is 4.90 Å². The minimum absolute atomic E-state index is 0.715. The Hall–Kier alpha value is -8.40. The molecule has 298 valence electrons. The maximum atomic E-state index is 6.93. The van der Waals surface area contributed by atoms with Gasteiger partial charge in [-0.15, -0.1) is 0 Å². The molecule has 0 saturated heterocycles. The average Bonchev–Trinajstić information content (AvgIpc) is 4.00. The molecule has 0 fully saturated rings. The van der Waals surface area contributed by atoms with Gasteiger partial charge < -0.3 is 13.7 Å². The first-order valence-electron chi connectivity index (χ1n) is 22.0. The van der Waals surface area contributed by atoms with E-state index in [-0.39, 0.29) is 0 Å². The fraction of sp³-hybridized carbons (Fsp3) is 0.0164. The van der Waals surface area contributed by atoms with Crippen molar-refractivity contribution in [2.24, 2.45) is 0 Å². The number of anilines is 3. The third-order valence-electron chi connectivity index (χ3n) is 13.9. The lowest BCUT2D eigenvalue weighted by atomic mass is 9.65. The Morgan fingerprint density at radius 3 is 1.62 bits per heavy atom. The summed E-state index contributed by atoms with van der Waals surface area (Å²) < 4.78 is 13.5. The van der Waals surface area contributed by atoms with Gasteiger partial charge in [0.2, 0.25) is 0 Å². The lowest BCUT2D eigenvalue weighted by Gasteiger charge is -2.36. The van der Waals surface area contributed by atoms with Crippen LogP contribution in [-0.2, 0) is 5.41 Å². The predicted octanol–water partition coefficient (Wildman–Crippen LogP) is 16.6. The summed E-state index contributed by atoms with van der Waals surface area (Å²) in [4.78, 5) is 2.43. The van der Waals surface area contributed by atoms with Crippen LogP contribution in [0.2, 0.25) is 0 Å². The van der Waals surface area contributed by atoms with E-state index in [1.807, 2.05) is 6.07 Å². The highest BCUT2D eigenvalue weighted by molar-refractivity contribution is 6.13. The van der Waals surface area contributed by atoms with Crippen molar-refractivity contribution in [3.8, 4) is 44.5 Å². The van der Waals surface area contributed by atoms with Gasteiger partial charge in [-0.3, -0.25) is 0 Å². The normalized spacial score (nSPS) is 14.6. The number of furan rings is 2. The number of para-hydroxylation sites is 3. The first kappa shape index (κ1) is 35.2. The molecule has 2 aromatic heterocycles. The molecule has 1 unspecified atom stereocenters. The minimum Gasteiger partial charge on any atom is -0.456 e. The molecular weight excluding hydrogens is 779 g/mol. The van der Waals surface area contributed by atoms with E-state index >= 15 is 0 Å². The van der Waals surface area contributed by atoms with Crippen molar-refractivity contribution >= 4 is 60.9 Å². The Balaban J connectivity index is 1.12. The third kappa shape index (κ3) is 4.76. The first-order chi connectivity index (χ1) is 31.8. The molecule has 1 atom stereocenters. The molecule has 0 radical (unpaired) electrons. The van der Waals surface area contributed by atoms with Crippen LogP contribution in [0.1, 0.15) is 22.3 Å². The molecule has 2 aliphatic carbocycles. The highest BCUT2D eigenvalue weighted by Crippen LogP contribution is 2.63. The van der Waals surface area contributed by atoms with Crippen LogP contribution in [-0.4, -0.2) is 0 Å². The predicted molar refractivity (Wildman–Crippen MR) is 263 cm³/mol. The molecule has 64 heavy (non-hydrogen) atoms. The number of rotatable bonds is 4. The van der Waals surface area contributed by atoms with E-state index in [4.69, 9.17) is 8.83 Å². The van der Waals surface area contributed by atoms with Crippen LogP contribution in [0.5, 0.6) is 0 Å². The topological polar surface area (TPSA) is 29.5 Å². The monoisotopic (exact) mass is 815 g/mol. The summed E-state index contributed by atoms with van der Waals surface area (Å²) in [5.74, 6) is 0. The van der Waals surface area contributed by atoms with Gasteiger partial charge >= 0.3 is 0 Å². The summed E-state index contributed by atoms with van der Waals surface area (Å²) in [7, 11) is 0. The Labute approximate surface area is 369 Å². The van der Waals surface area contributed by atoms with Gasteiger partial charge in [-0.1, -0.05) is 176 Å². The van der Waals surface area contributed by atoms with E-state index in [1.54, 1.807) is 0 Å². The molecule has 0 saturated carbocycles. The molecule has 10 aromatic carbocycles. The standard InChI is InChI=1S/C61H37NO2/c1-2-16-38(17-3-1)41-18-8-13-27-55(41)62(40-31-33-48-46-22-9-14-28-56(46)63-58(48)37-40)39-30-32-45-43-20-5-4-19-42(43)44-21-6-11-25-51(44)61(54(45)36-39)52-26-12-7-24-50(52)59-53(61)35-34-49-47-23-10-15-29-57(47)64-60(49)59/h1-37H. The summed E-state index contributed by atoms with van der Waals surface area (Å²) >= 11 is 0. The van der Waals surface area contributed by atoms with Crippen molar-refractivity contribution in [2.45, 2.75) is 5.41 Å². The van der Waals surface area contributed by atoms with Gasteiger partial charge in [0.15, 0.2) is 0 Å². The summed E-state index contributed by atoms with van der Waals surface area (Å²) in [5, 5.41) is 4.47. The van der Waals surface area contributed by atoms with Crippen LogP contribution in [0.4, 0.5) is 17.1 Å². The molecule has 2 heterocycles. The van der Waals surface area contributed by atoms with Gasteiger partial charge in [0.25, 0.3) is 0 Å². The highest BCUT2D eigenvalue weighted by Gasteiger charge is 2.51. The van der Waals surface area contributed by atoms with Crippen LogP contribution in [0, 0.1) is 0 Å². The van der Waals surface area contributed by atoms with E-state index in [0.717, 1.165) is 77.6 Å².